The molecule has 8 nitrogen and oxygen atoms in total. The Balaban J connectivity index is 1.43. The molecule has 3 aromatic rings. The maximum absolute atomic E-state index is 14.5. The number of aromatic nitrogens is 2. The molecule has 1 N–H and O–H groups in total. The van der Waals surface area contributed by atoms with E-state index >= 15 is 0 Å². The van der Waals surface area contributed by atoms with Crippen molar-refractivity contribution in [3.05, 3.63) is 70.8 Å². The van der Waals surface area contributed by atoms with Gasteiger partial charge in [-0.3, -0.25) is 9.59 Å². The lowest BCUT2D eigenvalue weighted by Crippen LogP contribution is -2.47. The molecule has 9 heteroatoms. The number of hydrogen-bond donors (Lipinski definition) is 1. The molecule has 35 heavy (non-hydrogen) atoms. The highest BCUT2D eigenvalue weighted by atomic mass is 19.1. The summed E-state index contributed by atoms with van der Waals surface area (Å²) in [6, 6.07) is 11.4. The van der Waals surface area contributed by atoms with Gasteiger partial charge < -0.3 is 19.9 Å². The number of piperazine rings is 1. The molecule has 5 rings (SSSR count). The summed E-state index contributed by atoms with van der Waals surface area (Å²) in [5.41, 5.74) is 3.14. The summed E-state index contributed by atoms with van der Waals surface area (Å²) in [6.07, 6.45) is 2.30. The van der Waals surface area contributed by atoms with Crippen molar-refractivity contribution < 1.29 is 18.7 Å². The van der Waals surface area contributed by atoms with Crippen LogP contribution >= 0.6 is 0 Å². The lowest BCUT2D eigenvalue weighted by Gasteiger charge is -2.32. The Labute approximate surface area is 203 Å². The van der Waals surface area contributed by atoms with Crippen LogP contribution in [0.1, 0.15) is 38.5 Å². The molecule has 0 bridgehead atoms. The van der Waals surface area contributed by atoms with Gasteiger partial charge in [-0.25, -0.2) is 9.07 Å². The Bertz CT molecular complexity index is 1280. The van der Waals surface area contributed by atoms with Gasteiger partial charge in [-0.15, -0.1) is 0 Å². The highest BCUT2D eigenvalue weighted by Gasteiger charge is 2.29. The number of likely N-dealkylation sites (N-methyl/N-ethyl adjacent to an activating group) is 1. The van der Waals surface area contributed by atoms with Crippen LogP contribution in [0.4, 0.5) is 10.1 Å². The van der Waals surface area contributed by atoms with Gasteiger partial charge in [-0.1, -0.05) is 12.1 Å². The van der Waals surface area contributed by atoms with E-state index < -0.39 is 11.7 Å². The Morgan fingerprint density at radius 3 is 2.57 bits per heavy atom. The minimum atomic E-state index is -0.416. The van der Waals surface area contributed by atoms with Crippen molar-refractivity contribution >= 4 is 17.5 Å². The summed E-state index contributed by atoms with van der Waals surface area (Å²) in [6.45, 7) is 2.95. The number of methoxy groups -OCH3 is 1. The lowest BCUT2D eigenvalue weighted by molar-refractivity contribution is 0.0664. The first-order valence-corrected chi connectivity index (χ1v) is 11.8. The van der Waals surface area contributed by atoms with Gasteiger partial charge in [0.2, 0.25) is 0 Å². The van der Waals surface area contributed by atoms with E-state index in [0.717, 1.165) is 37.2 Å². The van der Waals surface area contributed by atoms with Crippen molar-refractivity contribution in [3.8, 4) is 11.4 Å². The summed E-state index contributed by atoms with van der Waals surface area (Å²) in [4.78, 5) is 30.4. The topological polar surface area (TPSA) is 79.7 Å². The monoisotopic (exact) mass is 477 g/mol. The Morgan fingerprint density at radius 2 is 1.83 bits per heavy atom. The number of benzene rings is 2. The first kappa shape index (κ1) is 23.0. The zero-order valence-electron chi connectivity index (χ0n) is 19.9. The zero-order chi connectivity index (χ0) is 24.5. The maximum atomic E-state index is 14.5. The fourth-order valence-corrected chi connectivity index (χ4v) is 4.75. The Morgan fingerprint density at radius 1 is 1.06 bits per heavy atom. The van der Waals surface area contributed by atoms with E-state index in [1.54, 1.807) is 36.4 Å². The molecule has 182 valence electrons. The minimum Gasteiger partial charge on any atom is -0.495 e. The van der Waals surface area contributed by atoms with Gasteiger partial charge in [0.05, 0.1) is 12.8 Å². The molecule has 1 aliphatic heterocycles. The number of rotatable bonds is 5. The van der Waals surface area contributed by atoms with Crippen LogP contribution in [-0.2, 0) is 12.8 Å². The maximum Gasteiger partial charge on any atom is 0.276 e. The number of halogens is 1. The van der Waals surface area contributed by atoms with Crippen molar-refractivity contribution in [2.75, 3.05) is 45.7 Å². The van der Waals surface area contributed by atoms with Gasteiger partial charge >= 0.3 is 0 Å². The number of nitrogens with one attached hydrogen (secondary N) is 1. The SMILES string of the molecule is COc1ccc(C(=O)N2CCN(C)CC2)cc1NC(=O)c1nn(-c2ccccc2F)c2c1CCC2. The van der Waals surface area contributed by atoms with Crippen LogP contribution in [0.15, 0.2) is 42.5 Å². The van der Waals surface area contributed by atoms with Crippen molar-refractivity contribution in [2.45, 2.75) is 19.3 Å². The number of ether oxygens (including phenoxy) is 1. The molecule has 0 atom stereocenters. The molecule has 2 heterocycles. The number of hydrogen-bond acceptors (Lipinski definition) is 5. The predicted molar refractivity (Wildman–Crippen MR) is 130 cm³/mol. The molecule has 2 aromatic carbocycles. The predicted octanol–water partition coefficient (Wildman–Crippen LogP) is 3.15. The summed E-state index contributed by atoms with van der Waals surface area (Å²) < 4.78 is 21.5. The van der Waals surface area contributed by atoms with Crippen molar-refractivity contribution in [3.63, 3.8) is 0 Å². The highest BCUT2D eigenvalue weighted by molar-refractivity contribution is 6.06. The van der Waals surface area contributed by atoms with Gasteiger partial charge in [-0.2, -0.15) is 5.10 Å². The molecule has 1 aromatic heterocycles. The van der Waals surface area contributed by atoms with Gasteiger partial charge in [-0.05, 0) is 56.6 Å². The number of amides is 2. The second-order valence-electron chi connectivity index (χ2n) is 8.96. The molecule has 1 aliphatic carbocycles. The second kappa shape index (κ2) is 9.50. The lowest BCUT2D eigenvalue weighted by atomic mass is 10.1. The van der Waals surface area contributed by atoms with Gasteiger partial charge in [0.1, 0.15) is 17.3 Å². The fourth-order valence-electron chi connectivity index (χ4n) is 4.75. The first-order valence-electron chi connectivity index (χ1n) is 11.8. The molecule has 0 unspecified atom stereocenters. The summed E-state index contributed by atoms with van der Waals surface area (Å²) in [5, 5.41) is 7.38. The highest BCUT2D eigenvalue weighted by Crippen LogP contribution is 2.31. The van der Waals surface area contributed by atoms with E-state index in [4.69, 9.17) is 4.74 Å². The smallest absolute Gasteiger partial charge is 0.276 e. The summed E-state index contributed by atoms with van der Waals surface area (Å²) >= 11 is 0. The number of carbonyl (C=O) groups is 2. The van der Waals surface area contributed by atoms with Crippen molar-refractivity contribution in [1.82, 2.24) is 19.6 Å². The molecule has 0 saturated carbocycles. The van der Waals surface area contributed by atoms with Gasteiger partial charge in [0.15, 0.2) is 5.69 Å². The molecular formula is C26H28FN5O3. The molecule has 1 fully saturated rings. The third-order valence-electron chi connectivity index (χ3n) is 6.71. The third kappa shape index (κ3) is 4.39. The van der Waals surface area contributed by atoms with E-state index in [1.165, 1.54) is 17.9 Å². The van der Waals surface area contributed by atoms with Crippen LogP contribution in [0, 0.1) is 5.82 Å². The van der Waals surface area contributed by atoms with Gasteiger partial charge in [0, 0.05) is 43.0 Å². The second-order valence-corrected chi connectivity index (χ2v) is 8.96. The number of para-hydroxylation sites is 1. The number of nitrogens with zero attached hydrogens (tertiary/aromatic N) is 4. The van der Waals surface area contributed by atoms with E-state index in [1.807, 2.05) is 11.9 Å². The van der Waals surface area contributed by atoms with Crippen molar-refractivity contribution in [2.24, 2.45) is 0 Å². The third-order valence-corrected chi connectivity index (χ3v) is 6.71. The standard InChI is InChI=1S/C26H28FN5O3/c1-30-12-14-31(15-13-30)26(34)17-10-11-23(35-2)20(16-17)28-25(33)24-18-6-5-9-21(18)32(29-24)22-8-4-3-7-19(22)27/h3-4,7-8,10-11,16H,5-6,9,12-15H2,1-2H3,(H,28,33). The molecule has 0 spiro atoms. The average Bonchev–Trinajstić information content (AvgIpc) is 3.48. The average molecular weight is 478 g/mol. The molecular weight excluding hydrogens is 449 g/mol. The van der Waals surface area contributed by atoms with Crippen molar-refractivity contribution in [1.29, 1.82) is 0 Å². The molecule has 0 radical (unpaired) electrons. The van der Waals surface area contributed by atoms with E-state index in [-0.39, 0.29) is 11.6 Å². The minimum absolute atomic E-state index is 0.0824. The molecule has 1 saturated heterocycles. The largest absolute Gasteiger partial charge is 0.495 e. The summed E-state index contributed by atoms with van der Waals surface area (Å²) in [5.74, 6) is -0.450. The van der Waals surface area contributed by atoms with Crippen LogP contribution in [-0.4, -0.2) is 71.7 Å². The van der Waals surface area contributed by atoms with E-state index in [0.29, 0.717) is 42.2 Å². The molecule has 2 amide bonds. The zero-order valence-corrected chi connectivity index (χ0v) is 19.9. The fraction of sp³-hybridized carbons (Fsp3) is 0.346. The van der Waals surface area contributed by atoms with E-state index in [9.17, 15) is 14.0 Å². The number of anilines is 1. The quantitative estimate of drug-likeness (QED) is 0.611. The van der Waals surface area contributed by atoms with Crippen LogP contribution in [0.2, 0.25) is 0 Å². The van der Waals surface area contributed by atoms with Crippen LogP contribution < -0.4 is 10.1 Å². The normalized spacial score (nSPS) is 15.7. The number of carbonyl (C=O) groups excluding carboxylic acids is 2. The summed E-state index contributed by atoms with van der Waals surface area (Å²) in [7, 11) is 3.55. The van der Waals surface area contributed by atoms with Crippen LogP contribution in [0.25, 0.3) is 5.69 Å². The Kier molecular flexibility index (Phi) is 6.25. The first-order chi connectivity index (χ1) is 17.0. The van der Waals surface area contributed by atoms with Gasteiger partial charge in [0.25, 0.3) is 11.8 Å². The van der Waals surface area contributed by atoms with E-state index in [2.05, 4.69) is 15.3 Å². The molecule has 2 aliphatic rings. The Hall–Kier alpha value is -3.72. The van der Waals surface area contributed by atoms with Crippen LogP contribution in [0.5, 0.6) is 5.75 Å². The number of fused-ring (bicyclic) bond motifs is 1. The van der Waals surface area contributed by atoms with Crippen LogP contribution in [0.3, 0.4) is 0 Å².